The second kappa shape index (κ2) is 6.72. The summed E-state index contributed by atoms with van der Waals surface area (Å²) in [5, 5.41) is 4.08. The molecule has 1 amide bonds. The normalized spacial score (nSPS) is 20.7. The van der Waals surface area contributed by atoms with Crippen LogP contribution in [0.4, 0.5) is 0 Å². The summed E-state index contributed by atoms with van der Waals surface area (Å²) >= 11 is 0. The van der Waals surface area contributed by atoms with Crippen molar-refractivity contribution in [3.63, 3.8) is 0 Å². The molecule has 5 heteroatoms. The first-order valence-corrected chi connectivity index (χ1v) is 9.25. The zero-order chi connectivity index (χ0) is 19.0. The third kappa shape index (κ3) is 3.82. The molecule has 1 aliphatic heterocycles. The summed E-state index contributed by atoms with van der Waals surface area (Å²) in [4.78, 5) is 12.3. The topological polar surface area (TPSA) is 59.9 Å². The summed E-state index contributed by atoms with van der Waals surface area (Å²) in [5.41, 5.74) is 6.18. The van der Waals surface area contributed by atoms with Gasteiger partial charge in [-0.05, 0) is 52.6 Å². The van der Waals surface area contributed by atoms with Gasteiger partial charge in [0.1, 0.15) is 0 Å². The Labute approximate surface area is 159 Å². The average Bonchev–Trinajstić information content (AvgIpc) is 3.31. The van der Waals surface area contributed by atoms with E-state index in [1.54, 1.807) is 6.21 Å². The number of amides is 1. The number of carbonyl (C=O) groups is 1. The van der Waals surface area contributed by atoms with Gasteiger partial charge in [0.05, 0.1) is 6.21 Å². The predicted molar refractivity (Wildman–Crippen MR) is 104 cm³/mol. The minimum Gasteiger partial charge on any atom is -0.454 e. The monoisotopic (exact) mass is 364 g/mol. The van der Waals surface area contributed by atoms with Gasteiger partial charge in [-0.3, -0.25) is 4.79 Å². The maximum atomic E-state index is 12.3. The standard InChI is InChI=1S/C22H24N2O3/c1-22(2,3)16-7-5-15(6-8-16)17-11-18(17)21(25)24-23-12-14-4-9-19-20(10-14)27-13-26-19/h4-10,12,17-18H,11,13H2,1-3H3,(H,24,25)/t17-,18+/m1/s1. The number of hydrogen-bond acceptors (Lipinski definition) is 4. The van der Waals surface area contributed by atoms with Gasteiger partial charge in [-0.2, -0.15) is 5.10 Å². The van der Waals surface area contributed by atoms with E-state index in [1.807, 2.05) is 18.2 Å². The Morgan fingerprint density at radius 3 is 2.59 bits per heavy atom. The van der Waals surface area contributed by atoms with Crippen molar-refractivity contribution in [3.05, 3.63) is 59.2 Å². The molecule has 1 heterocycles. The molecule has 0 radical (unpaired) electrons. The molecule has 0 spiro atoms. The van der Waals surface area contributed by atoms with E-state index in [2.05, 4.69) is 55.6 Å². The molecule has 4 rings (SSSR count). The van der Waals surface area contributed by atoms with Crippen molar-refractivity contribution in [2.45, 2.75) is 38.5 Å². The van der Waals surface area contributed by atoms with Gasteiger partial charge in [-0.25, -0.2) is 5.43 Å². The third-order valence-corrected chi connectivity index (χ3v) is 5.12. The first kappa shape index (κ1) is 17.6. The zero-order valence-corrected chi connectivity index (χ0v) is 15.9. The van der Waals surface area contributed by atoms with Crippen LogP contribution in [0.1, 0.15) is 49.8 Å². The summed E-state index contributed by atoms with van der Waals surface area (Å²) in [5.74, 6) is 1.69. The molecule has 0 aromatic heterocycles. The van der Waals surface area contributed by atoms with E-state index >= 15 is 0 Å². The average molecular weight is 364 g/mol. The number of benzene rings is 2. The van der Waals surface area contributed by atoms with Gasteiger partial charge in [0.2, 0.25) is 12.7 Å². The smallest absolute Gasteiger partial charge is 0.243 e. The lowest BCUT2D eigenvalue weighted by molar-refractivity contribution is -0.122. The van der Waals surface area contributed by atoms with Crippen LogP contribution in [0.5, 0.6) is 11.5 Å². The molecule has 1 saturated carbocycles. The maximum Gasteiger partial charge on any atom is 0.243 e. The highest BCUT2D eigenvalue weighted by Gasteiger charge is 2.44. The summed E-state index contributed by atoms with van der Waals surface area (Å²) in [7, 11) is 0. The highest BCUT2D eigenvalue weighted by Crippen LogP contribution is 2.47. The second-order valence-electron chi connectivity index (χ2n) is 8.17. The first-order chi connectivity index (χ1) is 12.9. The minimum atomic E-state index is -0.0307. The minimum absolute atomic E-state index is 0.000564. The summed E-state index contributed by atoms with van der Waals surface area (Å²) < 4.78 is 10.6. The number of nitrogens with one attached hydrogen (secondary N) is 1. The molecule has 0 bridgehead atoms. The van der Waals surface area contributed by atoms with Crippen LogP contribution in [-0.4, -0.2) is 18.9 Å². The summed E-state index contributed by atoms with van der Waals surface area (Å²) in [6, 6.07) is 14.2. The number of hydrazone groups is 1. The maximum absolute atomic E-state index is 12.3. The fraction of sp³-hybridized carbons (Fsp3) is 0.364. The van der Waals surface area contributed by atoms with Crippen LogP contribution < -0.4 is 14.9 Å². The summed E-state index contributed by atoms with van der Waals surface area (Å²) in [6.45, 7) is 6.85. The van der Waals surface area contributed by atoms with Gasteiger partial charge < -0.3 is 9.47 Å². The number of ether oxygens (including phenoxy) is 2. The van der Waals surface area contributed by atoms with Crippen molar-refractivity contribution in [1.29, 1.82) is 0 Å². The van der Waals surface area contributed by atoms with Crippen molar-refractivity contribution in [2.75, 3.05) is 6.79 Å². The van der Waals surface area contributed by atoms with Crippen molar-refractivity contribution in [3.8, 4) is 11.5 Å². The molecule has 5 nitrogen and oxygen atoms in total. The number of hydrogen-bond donors (Lipinski definition) is 1. The molecule has 0 saturated heterocycles. The SMILES string of the molecule is CC(C)(C)c1ccc([C@H]2C[C@@H]2C(=O)NN=Cc2ccc3c(c2)OCO3)cc1. The summed E-state index contributed by atoms with van der Waals surface area (Å²) in [6.07, 6.45) is 2.50. The largest absolute Gasteiger partial charge is 0.454 e. The molecule has 2 atom stereocenters. The molecular weight excluding hydrogens is 340 g/mol. The van der Waals surface area contributed by atoms with Crippen LogP contribution in [0.25, 0.3) is 0 Å². The van der Waals surface area contributed by atoms with E-state index in [0.29, 0.717) is 11.7 Å². The van der Waals surface area contributed by atoms with Crippen LogP contribution in [0.15, 0.2) is 47.6 Å². The zero-order valence-electron chi connectivity index (χ0n) is 15.9. The third-order valence-electron chi connectivity index (χ3n) is 5.12. The first-order valence-electron chi connectivity index (χ1n) is 9.25. The number of fused-ring (bicyclic) bond motifs is 1. The van der Waals surface area contributed by atoms with Crippen LogP contribution in [0, 0.1) is 5.92 Å². The number of nitrogens with zero attached hydrogens (tertiary/aromatic N) is 1. The van der Waals surface area contributed by atoms with Crippen LogP contribution in [0.2, 0.25) is 0 Å². The lowest BCUT2D eigenvalue weighted by Gasteiger charge is -2.19. The number of carbonyl (C=O) groups excluding carboxylic acids is 1. The molecule has 1 fully saturated rings. The Hall–Kier alpha value is -2.82. The van der Waals surface area contributed by atoms with E-state index in [4.69, 9.17) is 9.47 Å². The van der Waals surface area contributed by atoms with Crippen molar-refractivity contribution < 1.29 is 14.3 Å². The predicted octanol–water partition coefficient (Wildman–Crippen LogP) is 3.97. The van der Waals surface area contributed by atoms with Crippen LogP contribution >= 0.6 is 0 Å². The molecule has 2 aromatic rings. The van der Waals surface area contributed by atoms with Crippen LogP contribution in [0.3, 0.4) is 0 Å². The van der Waals surface area contributed by atoms with Crippen molar-refractivity contribution in [2.24, 2.45) is 11.0 Å². The lowest BCUT2D eigenvalue weighted by Crippen LogP contribution is -2.20. The van der Waals surface area contributed by atoms with E-state index < -0.39 is 0 Å². The Morgan fingerprint density at radius 1 is 1.11 bits per heavy atom. The van der Waals surface area contributed by atoms with E-state index in [1.165, 1.54) is 11.1 Å². The van der Waals surface area contributed by atoms with E-state index in [-0.39, 0.29) is 24.0 Å². The molecule has 27 heavy (non-hydrogen) atoms. The molecule has 140 valence electrons. The molecule has 1 N–H and O–H groups in total. The van der Waals surface area contributed by atoms with Gasteiger partial charge in [0, 0.05) is 5.92 Å². The molecule has 2 aromatic carbocycles. The molecule has 1 aliphatic carbocycles. The molecule has 2 aliphatic rings. The Balaban J connectivity index is 1.32. The van der Waals surface area contributed by atoms with Gasteiger partial charge >= 0.3 is 0 Å². The molecule has 0 unspecified atom stereocenters. The molecular formula is C22H24N2O3. The fourth-order valence-electron chi connectivity index (χ4n) is 3.33. The quantitative estimate of drug-likeness (QED) is 0.660. The highest BCUT2D eigenvalue weighted by atomic mass is 16.7. The van der Waals surface area contributed by atoms with Gasteiger partial charge in [0.15, 0.2) is 11.5 Å². The highest BCUT2D eigenvalue weighted by molar-refractivity contribution is 5.86. The van der Waals surface area contributed by atoms with Gasteiger partial charge in [-0.1, -0.05) is 45.0 Å². The Kier molecular flexibility index (Phi) is 4.38. The van der Waals surface area contributed by atoms with Crippen molar-refractivity contribution >= 4 is 12.1 Å². The fourth-order valence-corrected chi connectivity index (χ4v) is 3.33. The Bertz CT molecular complexity index is 881. The van der Waals surface area contributed by atoms with Crippen LogP contribution in [-0.2, 0) is 10.2 Å². The van der Waals surface area contributed by atoms with E-state index in [9.17, 15) is 4.79 Å². The second-order valence-corrected chi connectivity index (χ2v) is 8.17. The van der Waals surface area contributed by atoms with E-state index in [0.717, 1.165) is 17.7 Å². The van der Waals surface area contributed by atoms with Gasteiger partial charge in [-0.15, -0.1) is 0 Å². The van der Waals surface area contributed by atoms with Crippen molar-refractivity contribution in [1.82, 2.24) is 5.43 Å². The van der Waals surface area contributed by atoms with Gasteiger partial charge in [0.25, 0.3) is 0 Å². The number of rotatable bonds is 4. The lowest BCUT2D eigenvalue weighted by atomic mass is 9.86. The Morgan fingerprint density at radius 2 is 1.85 bits per heavy atom.